The molecule has 0 aromatic heterocycles. The van der Waals surface area contributed by atoms with E-state index in [1.165, 1.54) is 0 Å². The van der Waals surface area contributed by atoms with E-state index in [0.717, 1.165) is 19.4 Å². The molecule has 0 heterocycles. The summed E-state index contributed by atoms with van der Waals surface area (Å²) in [7, 11) is 1.74. The third-order valence-electron chi connectivity index (χ3n) is 1.84. The zero-order valence-electron chi connectivity index (χ0n) is 6.43. The second-order valence-corrected chi connectivity index (χ2v) is 2.69. The van der Waals surface area contributed by atoms with Gasteiger partial charge in [0.25, 0.3) is 0 Å². The fourth-order valence-corrected chi connectivity index (χ4v) is 0.875. The van der Waals surface area contributed by atoms with Crippen LogP contribution in [0.4, 0.5) is 0 Å². The molecule has 0 aromatic carbocycles. The minimum atomic E-state index is 0.0724. The highest BCUT2D eigenvalue weighted by molar-refractivity contribution is 4.95. The Kier molecular flexibility index (Phi) is 2.46. The molecule has 0 spiro atoms. The Morgan fingerprint density at radius 2 is 2.30 bits per heavy atom. The lowest BCUT2D eigenvalue weighted by atomic mass is 10.4. The van der Waals surface area contributed by atoms with E-state index in [-0.39, 0.29) is 5.60 Å². The van der Waals surface area contributed by atoms with Gasteiger partial charge < -0.3 is 9.47 Å². The Bertz CT molecular complexity index is 116. The highest BCUT2D eigenvalue weighted by Crippen LogP contribution is 2.38. The standard InChI is InChI=1S/C8H14O2/c1-3-6-10-7-8(9-2)4-5-8/h3H,1,4-7H2,2H3. The summed E-state index contributed by atoms with van der Waals surface area (Å²) in [6.07, 6.45) is 4.03. The molecule has 0 N–H and O–H groups in total. The van der Waals surface area contributed by atoms with Gasteiger partial charge in [-0.3, -0.25) is 0 Å². The predicted molar refractivity (Wildman–Crippen MR) is 40.0 cm³/mol. The van der Waals surface area contributed by atoms with E-state index in [2.05, 4.69) is 6.58 Å². The maximum absolute atomic E-state index is 5.26. The van der Waals surface area contributed by atoms with Crippen molar-refractivity contribution in [2.24, 2.45) is 0 Å². The van der Waals surface area contributed by atoms with Gasteiger partial charge in [0.15, 0.2) is 0 Å². The van der Waals surface area contributed by atoms with E-state index in [9.17, 15) is 0 Å². The number of hydrogen-bond acceptors (Lipinski definition) is 2. The van der Waals surface area contributed by atoms with Crippen LogP contribution in [0, 0.1) is 0 Å². The predicted octanol–water partition coefficient (Wildman–Crippen LogP) is 1.37. The van der Waals surface area contributed by atoms with Crippen molar-refractivity contribution in [2.45, 2.75) is 18.4 Å². The van der Waals surface area contributed by atoms with Crippen molar-refractivity contribution in [3.63, 3.8) is 0 Å². The summed E-state index contributed by atoms with van der Waals surface area (Å²) in [4.78, 5) is 0. The molecule has 0 aromatic rings. The molecule has 0 saturated heterocycles. The van der Waals surface area contributed by atoms with Crippen LogP contribution in [0.2, 0.25) is 0 Å². The lowest BCUT2D eigenvalue weighted by molar-refractivity contribution is -0.000657. The van der Waals surface area contributed by atoms with Crippen molar-refractivity contribution in [1.82, 2.24) is 0 Å². The normalized spacial score (nSPS) is 20.5. The van der Waals surface area contributed by atoms with Crippen molar-refractivity contribution in [3.8, 4) is 0 Å². The molecule has 1 fully saturated rings. The van der Waals surface area contributed by atoms with Crippen LogP contribution in [-0.4, -0.2) is 25.9 Å². The molecule has 1 saturated carbocycles. The summed E-state index contributed by atoms with van der Waals surface area (Å²) in [5.41, 5.74) is 0.0724. The summed E-state index contributed by atoms with van der Waals surface area (Å²) in [6, 6.07) is 0. The molecule has 0 amide bonds. The summed E-state index contributed by atoms with van der Waals surface area (Å²) in [5.74, 6) is 0. The van der Waals surface area contributed by atoms with E-state index in [1.807, 2.05) is 0 Å². The van der Waals surface area contributed by atoms with Crippen LogP contribution in [0.1, 0.15) is 12.8 Å². The molecule has 2 nitrogen and oxygen atoms in total. The van der Waals surface area contributed by atoms with E-state index >= 15 is 0 Å². The van der Waals surface area contributed by atoms with E-state index in [1.54, 1.807) is 13.2 Å². The minimum Gasteiger partial charge on any atom is -0.376 e. The van der Waals surface area contributed by atoms with Crippen molar-refractivity contribution in [2.75, 3.05) is 20.3 Å². The molecule has 1 rings (SSSR count). The van der Waals surface area contributed by atoms with Crippen LogP contribution in [0.25, 0.3) is 0 Å². The lowest BCUT2D eigenvalue weighted by Gasteiger charge is -2.11. The first-order valence-electron chi connectivity index (χ1n) is 3.57. The van der Waals surface area contributed by atoms with Crippen molar-refractivity contribution in [3.05, 3.63) is 12.7 Å². The Labute approximate surface area is 61.8 Å². The molecule has 0 atom stereocenters. The SMILES string of the molecule is C=CCOCC1(OC)CC1. The van der Waals surface area contributed by atoms with Gasteiger partial charge in [-0.15, -0.1) is 6.58 Å². The first-order chi connectivity index (χ1) is 4.83. The number of methoxy groups -OCH3 is 1. The molecule has 0 unspecified atom stereocenters. The molecule has 1 aliphatic carbocycles. The average molecular weight is 142 g/mol. The first kappa shape index (κ1) is 7.76. The topological polar surface area (TPSA) is 18.5 Å². The van der Waals surface area contributed by atoms with E-state index < -0.39 is 0 Å². The van der Waals surface area contributed by atoms with E-state index in [0.29, 0.717) is 6.61 Å². The zero-order valence-corrected chi connectivity index (χ0v) is 6.43. The maximum atomic E-state index is 5.26. The Hall–Kier alpha value is -0.340. The monoisotopic (exact) mass is 142 g/mol. The summed E-state index contributed by atoms with van der Waals surface area (Å²) < 4.78 is 10.5. The summed E-state index contributed by atoms with van der Waals surface area (Å²) >= 11 is 0. The van der Waals surface area contributed by atoms with Gasteiger partial charge in [-0.25, -0.2) is 0 Å². The molecule has 1 aliphatic rings. The third-order valence-corrected chi connectivity index (χ3v) is 1.84. The largest absolute Gasteiger partial charge is 0.376 e. The van der Waals surface area contributed by atoms with Gasteiger partial charge in [-0.1, -0.05) is 6.08 Å². The van der Waals surface area contributed by atoms with Gasteiger partial charge in [0.2, 0.25) is 0 Å². The van der Waals surface area contributed by atoms with Crippen LogP contribution in [0.15, 0.2) is 12.7 Å². The molecule has 10 heavy (non-hydrogen) atoms. The third kappa shape index (κ3) is 1.82. The lowest BCUT2D eigenvalue weighted by Crippen LogP contribution is -2.19. The van der Waals surface area contributed by atoms with Crippen LogP contribution in [0.5, 0.6) is 0 Å². The van der Waals surface area contributed by atoms with Crippen LogP contribution < -0.4 is 0 Å². The Morgan fingerprint density at radius 1 is 1.60 bits per heavy atom. The van der Waals surface area contributed by atoms with Crippen LogP contribution in [0.3, 0.4) is 0 Å². The summed E-state index contributed by atoms with van der Waals surface area (Å²) in [6.45, 7) is 4.91. The molecule has 0 bridgehead atoms. The molecular formula is C8H14O2. The Morgan fingerprint density at radius 3 is 2.70 bits per heavy atom. The smallest absolute Gasteiger partial charge is 0.0913 e. The van der Waals surface area contributed by atoms with Crippen molar-refractivity contribution >= 4 is 0 Å². The second-order valence-electron chi connectivity index (χ2n) is 2.69. The van der Waals surface area contributed by atoms with Gasteiger partial charge in [0.05, 0.1) is 18.8 Å². The minimum absolute atomic E-state index is 0.0724. The van der Waals surface area contributed by atoms with Crippen molar-refractivity contribution in [1.29, 1.82) is 0 Å². The second kappa shape index (κ2) is 3.17. The van der Waals surface area contributed by atoms with Crippen LogP contribution >= 0.6 is 0 Å². The fraction of sp³-hybridized carbons (Fsp3) is 0.750. The first-order valence-corrected chi connectivity index (χ1v) is 3.57. The van der Waals surface area contributed by atoms with Crippen LogP contribution in [-0.2, 0) is 9.47 Å². The molecular weight excluding hydrogens is 128 g/mol. The molecule has 2 heteroatoms. The van der Waals surface area contributed by atoms with Gasteiger partial charge in [-0.05, 0) is 12.8 Å². The van der Waals surface area contributed by atoms with Crippen molar-refractivity contribution < 1.29 is 9.47 Å². The van der Waals surface area contributed by atoms with Gasteiger partial charge in [-0.2, -0.15) is 0 Å². The Balaban J connectivity index is 2.06. The van der Waals surface area contributed by atoms with Gasteiger partial charge in [0, 0.05) is 7.11 Å². The van der Waals surface area contributed by atoms with E-state index in [4.69, 9.17) is 9.47 Å². The number of rotatable bonds is 5. The van der Waals surface area contributed by atoms with Gasteiger partial charge in [0.1, 0.15) is 0 Å². The van der Waals surface area contributed by atoms with Gasteiger partial charge >= 0.3 is 0 Å². The molecule has 0 aliphatic heterocycles. The maximum Gasteiger partial charge on any atom is 0.0913 e. The average Bonchev–Trinajstić information content (AvgIpc) is 2.70. The fourth-order valence-electron chi connectivity index (χ4n) is 0.875. The molecule has 58 valence electrons. The zero-order chi connectivity index (χ0) is 7.45. The quantitative estimate of drug-likeness (QED) is 0.426. The number of hydrogen-bond donors (Lipinski definition) is 0. The highest BCUT2D eigenvalue weighted by Gasteiger charge is 2.43. The summed E-state index contributed by atoms with van der Waals surface area (Å²) in [5, 5.41) is 0. The molecule has 0 radical (unpaired) electrons. The highest BCUT2D eigenvalue weighted by atomic mass is 16.5. The number of ether oxygens (including phenoxy) is 2.